The standard InChI is InChI=1S/C20H23F3N4O3/c1-12-4-5-13(2)27(12)17-8-15(29-3)14(10-24-17)26-7-6-25-19(11-26)9-16(19)30-18(28)20(21,22)23/h4-5,8,10,16,25H,6-7,9,11H2,1-3H3. The number of ether oxygens (including phenoxy) is 2. The number of methoxy groups -OCH3 is 1. The van der Waals surface area contributed by atoms with E-state index in [2.05, 4.69) is 15.0 Å². The lowest BCUT2D eigenvalue weighted by Crippen LogP contribution is -2.55. The summed E-state index contributed by atoms with van der Waals surface area (Å²) in [5.74, 6) is -0.803. The normalized spacial score (nSPS) is 23.5. The van der Waals surface area contributed by atoms with E-state index in [1.807, 2.05) is 41.5 Å². The minimum absolute atomic E-state index is 0.334. The van der Waals surface area contributed by atoms with Crippen molar-refractivity contribution in [3.63, 3.8) is 0 Å². The zero-order valence-electron chi connectivity index (χ0n) is 16.9. The molecule has 1 saturated heterocycles. The summed E-state index contributed by atoms with van der Waals surface area (Å²) in [6.07, 6.45) is -3.75. The van der Waals surface area contributed by atoms with Crippen LogP contribution in [0.4, 0.5) is 18.9 Å². The fraction of sp³-hybridized carbons (Fsp3) is 0.500. The molecule has 2 unspecified atom stereocenters. The van der Waals surface area contributed by atoms with Crippen LogP contribution >= 0.6 is 0 Å². The lowest BCUT2D eigenvalue weighted by molar-refractivity contribution is -0.201. The van der Waals surface area contributed by atoms with E-state index in [-0.39, 0.29) is 0 Å². The third-order valence-corrected chi connectivity index (χ3v) is 5.71. The van der Waals surface area contributed by atoms with Gasteiger partial charge in [-0.2, -0.15) is 13.2 Å². The molecule has 1 spiro atoms. The summed E-state index contributed by atoms with van der Waals surface area (Å²) < 4.78 is 49.8. The molecule has 1 saturated carbocycles. The van der Waals surface area contributed by atoms with Crippen molar-refractivity contribution in [3.05, 3.63) is 35.8 Å². The first-order chi connectivity index (χ1) is 14.1. The second kappa shape index (κ2) is 7.19. The second-order valence-corrected chi connectivity index (χ2v) is 7.77. The molecule has 4 rings (SSSR count). The highest BCUT2D eigenvalue weighted by Crippen LogP contribution is 2.44. The van der Waals surface area contributed by atoms with Gasteiger partial charge in [0.25, 0.3) is 0 Å². The van der Waals surface area contributed by atoms with Crippen LogP contribution in [0.5, 0.6) is 5.75 Å². The first kappa shape index (κ1) is 20.5. The van der Waals surface area contributed by atoms with Gasteiger partial charge in [-0.1, -0.05) is 0 Å². The first-order valence-electron chi connectivity index (χ1n) is 9.62. The fourth-order valence-electron chi connectivity index (χ4n) is 4.07. The van der Waals surface area contributed by atoms with Crippen LogP contribution in [0.1, 0.15) is 17.8 Å². The Bertz CT molecular complexity index is 955. The molecule has 162 valence electrons. The van der Waals surface area contributed by atoms with Crippen molar-refractivity contribution < 1.29 is 27.4 Å². The number of carbonyl (C=O) groups is 1. The highest BCUT2D eigenvalue weighted by atomic mass is 19.4. The van der Waals surface area contributed by atoms with Gasteiger partial charge >= 0.3 is 12.1 Å². The quantitative estimate of drug-likeness (QED) is 0.761. The number of rotatable bonds is 4. The number of pyridine rings is 1. The summed E-state index contributed by atoms with van der Waals surface area (Å²) in [5.41, 5.74) is 2.15. The number of halogens is 3. The van der Waals surface area contributed by atoms with E-state index in [1.165, 1.54) is 0 Å². The zero-order chi connectivity index (χ0) is 21.7. The summed E-state index contributed by atoms with van der Waals surface area (Å²) in [6.45, 7) is 5.54. The molecule has 2 aromatic heterocycles. The Balaban J connectivity index is 1.54. The maximum absolute atomic E-state index is 12.5. The van der Waals surface area contributed by atoms with Gasteiger partial charge < -0.3 is 24.3 Å². The average Bonchev–Trinajstić information content (AvgIpc) is 3.22. The van der Waals surface area contributed by atoms with Gasteiger partial charge in [-0.25, -0.2) is 9.78 Å². The maximum Gasteiger partial charge on any atom is 0.490 e. The van der Waals surface area contributed by atoms with Gasteiger partial charge in [-0.15, -0.1) is 0 Å². The molecule has 0 radical (unpaired) electrons. The number of anilines is 1. The lowest BCUT2D eigenvalue weighted by Gasteiger charge is -2.36. The SMILES string of the molecule is COc1cc(-n2c(C)ccc2C)ncc1N1CCNC2(CC2OC(=O)C(F)(F)F)C1. The van der Waals surface area contributed by atoms with Crippen molar-refractivity contribution in [2.45, 2.75) is 38.1 Å². The molecule has 1 aliphatic carbocycles. The molecule has 7 nitrogen and oxygen atoms in total. The van der Waals surface area contributed by atoms with Crippen LogP contribution in [-0.4, -0.2) is 60.1 Å². The van der Waals surface area contributed by atoms with E-state index in [4.69, 9.17) is 4.74 Å². The minimum Gasteiger partial charge on any atom is -0.494 e. The number of nitrogens with one attached hydrogen (secondary N) is 1. The van der Waals surface area contributed by atoms with Gasteiger partial charge in [0.05, 0.1) is 24.5 Å². The van der Waals surface area contributed by atoms with Crippen molar-refractivity contribution >= 4 is 11.7 Å². The van der Waals surface area contributed by atoms with Crippen LogP contribution in [0.25, 0.3) is 5.82 Å². The van der Waals surface area contributed by atoms with Crippen molar-refractivity contribution in [2.75, 3.05) is 31.6 Å². The van der Waals surface area contributed by atoms with E-state index in [0.29, 0.717) is 31.8 Å². The van der Waals surface area contributed by atoms with Crippen LogP contribution in [0.3, 0.4) is 0 Å². The van der Waals surface area contributed by atoms with E-state index >= 15 is 0 Å². The number of esters is 1. The highest BCUT2D eigenvalue weighted by molar-refractivity contribution is 5.76. The molecule has 3 heterocycles. The van der Waals surface area contributed by atoms with Crippen LogP contribution in [0.15, 0.2) is 24.4 Å². The van der Waals surface area contributed by atoms with Crippen molar-refractivity contribution in [2.24, 2.45) is 0 Å². The summed E-state index contributed by atoms with van der Waals surface area (Å²) in [7, 11) is 1.57. The number of piperazine rings is 1. The summed E-state index contributed by atoms with van der Waals surface area (Å²) in [6, 6.07) is 5.86. The Labute approximate surface area is 171 Å². The second-order valence-electron chi connectivity index (χ2n) is 7.77. The minimum atomic E-state index is -4.99. The first-order valence-corrected chi connectivity index (χ1v) is 9.62. The topological polar surface area (TPSA) is 68.6 Å². The van der Waals surface area contributed by atoms with Crippen molar-refractivity contribution in [1.82, 2.24) is 14.9 Å². The Morgan fingerprint density at radius 1 is 1.30 bits per heavy atom. The number of nitrogens with zero attached hydrogens (tertiary/aromatic N) is 3. The number of aryl methyl sites for hydroxylation is 2. The molecule has 2 aromatic rings. The van der Waals surface area contributed by atoms with Crippen LogP contribution in [0, 0.1) is 13.8 Å². The average molecular weight is 424 g/mol. The molecule has 0 bridgehead atoms. The van der Waals surface area contributed by atoms with Gasteiger partial charge in [0.15, 0.2) is 0 Å². The molecular formula is C20H23F3N4O3. The van der Waals surface area contributed by atoms with Gasteiger partial charge in [0.2, 0.25) is 0 Å². The molecule has 2 fully saturated rings. The number of carbonyl (C=O) groups excluding carboxylic acids is 1. The van der Waals surface area contributed by atoms with E-state index in [9.17, 15) is 18.0 Å². The van der Waals surface area contributed by atoms with Gasteiger partial charge in [-0.05, 0) is 26.0 Å². The maximum atomic E-state index is 12.5. The fourth-order valence-corrected chi connectivity index (χ4v) is 4.07. The lowest BCUT2D eigenvalue weighted by atomic mass is 10.1. The molecule has 10 heteroatoms. The third-order valence-electron chi connectivity index (χ3n) is 5.71. The molecule has 1 N–H and O–H groups in total. The highest BCUT2D eigenvalue weighted by Gasteiger charge is 2.61. The smallest absolute Gasteiger partial charge is 0.490 e. The monoisotopic (exact) mass is 424 g/mol. The third kappa shape index (κ3) is 3.60. The summed E-state index contributed by atoms with van der Waals surface area (Å²) >= 11 is 0. The Morgan fingerprint density at radius 2 is 2.00 bits per heavy atom. The molecule has 0 amide bonds. The molecule has 30 heavy (non-hydrogen) atoms. The number of hydrogen-bond donors (Lipinski definition) is 1. The summed E-state index contributed by atoms with van der Waals surface area (Å²) in [5, 5.41) is 3.21. The van der Waals surface area contributed by atoms with Gasteiger partial charge in [0.1, 0.15) is 17.7 Å². The van der Waals surface area contributed by atoms with Crippen molar-refractivity contribution in [3.8, 4) is 11.6 Å². The molecule has 0 aromatic carbocycles. The molecular weight excluding hydrogens is 401 g/mol. The van der Waals surface area contributed by atoms with Crippen LogP contribution in [-0.2, 0) is 9.53 Å². The molecule has 2 atom stereocenters. The predicted octanol–water partition coefficient (Wildman–Crippen LogP) is 2.52. The van der Waals surface area contributed by atoms with E-state index in [0.717, 1.165) is 22.9 Å². The molecule has 2 aliphatic rings. The zero-order valence-corrected chi connectivity index (χ0v) is 16.9. The van der Waals surface area contributed by atoms with Gasteiger partial charge in [0, 0.05) is 43.5 Å². The number of aromatic nitrogens is 2. The van der Waals surface area contributed by atoms with Gasteiger partial charge in [-0.3, -0.25) is 0 Å². The number of alkyl halides is 3. The Hall–Kier alpha value is -2.75. The number of hydrogen-bond acceptors (Lipinski definition) is 6. The largest absolute Gasteiger partial charge is 0.494 e. The Kier molecular flexibility index (Phi) is 4.92. The van der Waals surface area contributed by atoms with Crippen LogP contribution < -0.4 is 15.0 Å². The molecule has 1 aliphatic heterocycles. The summed E-state index contributed by atoms with van der Waals surface area (Å²) in [4.78, 5) is 17.8. The van der Waals surface area contributed by atoms with E-state index < -0.39 is 23.8 Å². The van der Waals surface area contributed by atoms with Crippen molar-refractivity contribution in [1.29, 1.82) is 0 Å². The van der Waals surface area contributed by atoms with E-state index in [1.54, 1.807) is 13.3 Å². The predicted molar refractivity (Wildman–Crippen MR) is 103 cm³/mol. The Morgan fingerprint density at radius 3 is 2.63 bits per heavy atom. The van der Waals surface area contributed by atoms with Crippen LogP contribution in [0.2, 0.25) is 0 Å².